The number of carbonyl (C=O) groups is 1. The molecule has 3 N–H and O–H groups in total. The maximum atomic E-state index is 13.1. The Hall–Kier alpha value is -2.30. The Bertz CT molecular complexity index is 604. The molecule has 0 bridgehead atoms. The van der Waals surface area contributed by atoms with Crippen molar-refractivity contribution in [2.75, 3.05) is 11.1 Å². The first-order valence-electron chi connectivity index (χ1n) is 5.46. The van der Waals surface area contributed by atoms with Gasteiger partial charge in [-0.2, -0.15) is 0 Å². The van der Waals surface area contributed by atoms with Crippen molar-refractivity contribution in [3.63, 3.8) is 0 Å². The summed E-state index contributed by atoms with van der Waals surface area (Å²) < 4.78 is 14.7. The second-order valence-electron chi connectivity index (χ2n) is 4.18. The van der Waals surface area contributed by atoms with Gasteiger partial charge in [0.05, 0.1) is 5.69 Å². The fourth-order valence-electron chi connectivity index (χ4n) is 1.73. The first kappa shape index (κ1) is 12.2. The van der Waals surface area contributed by atoms with Crippen molar-refractivity contribution < 1.29 is 9.18 Å². The van der Waals surface area contributed by atoms with Crippen LogP contribution in [0.2, 0.25) is 0 Å². The van der Waals surface area contributed by atoms with Crippen molar-refractivity contribution >= 4 is 17.3 Å². The van der Waals surface area contributed by atoms with Gasteiger partial charge in [-0.05, 0) is 30.7 Å². The maximum absolute atomic E-state index is 13.1. The average Bonchev–Trinajstić information content (AvgIpc) is 2.63. The van der Waals surface area contributed by atoms with E-state index in [1.807, 2.05) is 0 Å². The van der Waals surface area contributed by atoms with E-state index in [1.54, 1.807) is 36.9 Å². The number of rotatable bonds is 2. The van der Waals surface area contributed by atoms with E-state index in [9.17, 15) is 9.18 Å². The predicted molar refractivity (Wildman–Crippen MR) is 68.9 cm³/mol. The quantitative estimate of drug-likeness (QED) is 0.855. The molecule has 0 aliphatic rings. The zero-order chi connectivity index (χ0) is 13.3. The Morgan fingerprint density at radius 1 is 1.39 bits per heavy atom. The number of nitrogens with one attached hydrogen (secondary N) is 1. The first-order valence-corrected chi connectivity index (χ1v) is 5.46. The molecule has 18 heavy (non-hydrogen) atoms. The van der Waals surface area contributed by atoms with Crippen LogP contribution in [0.15, 0.2) is 30.5 Å². The average molecular weight is 247 g/mol. The molecule has 1 aromatic carbocycles. The molecule has 1 heterocycles. The number of hydrogen-bond donors (Lipinski definition) is 2. The lowest BCUT2D eigenvalue weighted by molar-refractivity contribution is 0.101. The molecule has 1 amide bonds. The molecular formula is C13H14FN3O. The van der Waals surface area contributed by atoms with Gasteiger partial charge < -0.3 is 15.6 Å². The molecule has 0 saturated carbocycles. The predicted octanol–water partition coefficient (Wildman–Crippen LogP) is 2.31. The first-order chi connectivity index (χ1) is 8.47. The topological polar surface area (TPSA) is 60.1 Å². The van der Waals surface area contributed by atoms with Gasteiger partial charge >= 0.3 is 0 Å². The van der Waals surface area contributed by atoms with Crippen LogP contribution in [0.25, 0.3) is 0 Å². The van der Waals surface area contributed by atoms with Gasteiger partial charge in [0.15, 0.2) is 0 Å². The summed E-state index contributed by atoms with van der Waals surface area (Å²) in [4.78, 5) is 12.0. The standard InChI is InChI=1S/C13H14FN3O/c1-8-3-4-9(14)5-11(8)16-13(18)12-6-10(15)7-17(12)2/h3-7H,15H2,1-2H3,(H,16,18). The van der Waals surface area contributed by atoms with E-state index < -0.39 is 0 Å². The van der Waals surface area contributed by atoms with Gasteiger partial charge in [0.1, 0.15) is 11.5 Å². The third-order valence-corrected chi connectivity index (χ3v) is 2.71. The molecule has 2 aromatic rings. The fourth-order valence-corrected chi connectivity index (χ4v) is 1.73. The summed E-state index contributed by atoms with van der Waals surface area (Å²) >= 11 is 0. The molecule has 2 rings (SSSR count). The van der Waals surface area contributed by atoms with Gasteiger partial charge in [0.25, 0.3) is 5.91 Å². The molecule has 0 atom stereocenters. The highest BCUT2D eigenvalue weighted by Gasteiger charge is 2.12. The normalized spacial score (nSPS) is 10.4. The van der Waals surface area contributed by atoms with Crippen LogP contribution in [0.1, 0.15) is 16.1 Å². The Kier molecular flexibility index (Phi) is 3.06. The van der Waals surface area contributed by atoms with Crippen LogP contribution < -0.4 is 11.1 Å². The van der Waals surface area contributed by atoms with Crippen LogP contribution in [-0.2, 0) is 7.05 Å². The lowest BCUT2D eigenvalue weighted by atomic mass is 10.2. The lowest BCUT2D eigenvalue weighted by Crippen LogP contribution is -2.16. The van der Waals surface area contributed by atoms with Crippen LogP contribution in [0, 0.1) is 12.7 Å². The number of hydrogen-bond acceptors (Lipinski definition) is 2. The van der Waals surface area contributed by atoms with E-state index in [4.69, 9.17) is 5.73 Å². The van der Waals surface area contributed by atoms with Crippen LogP contribution in [0.3, 0.4) is 0 Å². The number of aromatic nitrogens is 1. The van der Waals surface area contributed by atoms with Crippen LogP contribution >= 0.6 is 0 Å². The SMILES string of the molecule is Cc1ccc(F)cc1NC(=O)c1cc(N)cn1C. The fraction of sp³-hybridized carbons (Fsp3) is 0.154. The van der Waals surface area contributed by atoms with E-state index in [2.05, 4.69) is 5.32 Å². The van der Waals surface area contributed by atoms with E-state index in [0.29, 0.717) is 17.1 Å². The minimum Gasteiger partial charge on any atom is -0.397 e. The van der Waals surface area contributed by atoms with Crippen molar-refractivity contribution in [1.82, 2.24) is 4.57 Å². The minimum atomic E-state index is -0.387. The third-order valence-electron chi connectivity index (χ3n) is 2.71. The van der Waals surface area contributed by atoms with Gasteiger partial charge in [-0.25, -0.2) is 4.39 Å². The molecule has 0 unspecified atom stereocenters. The van der Waals surface area contributed by atoms with E-state index in [1.165, 1.54) is 12.1 Å². The summed E-state index contributed by atoms with van der Waals surface area (Å²) in [5.74, 6) is -0.704. The number of nitrogen functional groups attached to an aromatic ring is 1. The van der Waals surface area contributed by atoms with Crippen LogP contribution in [0.5, 0.6) is 0 Å². The zero-order valence-corrected chi connectivity index (χ0v) is 10.2. The number of aryl methyl sites for hydroxylation is 2. The van der Waals surface area contributed by atoms with E-state index >= 15 is 0 Å². The molecule has 0 aliphatic carbocycles. The van der Waals surface area contributed by atoms with Gasteiger partial charge in [-0.15, -0.1) is 0 Å². The number of benzene rings is 1. The summed E-state index contributed by atoms with van der Waals surface area (Å²) in [5, 5.41) is 2.67. The Morgan fingerprint density at radius 2 is 2.11 bits per heavy atom. The summed E-state index contributed by atoms with van der Waals surface area (Å²) in [6.45, 7) is 1.80. The monoisotopic (exact) mass is 247 g/mol. The highest BCUT2D eigenvalue weighted by atomic mass is 19.1. The van der Waals surface area contributed by atoms with Crippen LogP contribution in [0.4, 0.5) is 15.8 Å². The number of halogens is 1. The Balaban J connectivity index is 2.26. The Morgan fingerprint density at radius 3 is 2.72 bits per heavy atom. The zero-order valence-electron chi connectivity index (χ0n) is 10.2. The highest BCUT2D eigenvalue weighted by molar-refractivity contribution is 6.04. The maximum Gasteiger partial charge on any atom is 0.272 e. The molecular weight excluding hydrogens is 233 g/mol. The molecule has 0 fully saturated rings. The van der Waals surface area contributed by atoms with Crippen molar-refractivity contribution in [2.45, 2.75) is 6.92 Å². The third kappa shape index (κ3) is 2.34. The Labute approximate surface area is 104 Å². The molecule has 5 heteroatoms. The summed E-state index contributed by atoms with van der Waals surface area (Å²) in [7, 11) is 1.73. The molecule has 0 radical (unpaired) electrons. The van der Waals surface area contributed by atoms with Gasteiger partial charge in [0.2, 0.25) is 0 Å². The molecule has 94 valence electrons. The largest absolute Gasteiger partial charge is 0.397 e. The van der Waals surface area contributed by atoms with Gasteiger partial charge in [-0.1, -0.05) is 6.07 Å². The molecule has 0 spiro atoms. The summed E-state index contributed by atoms with van der Waals surface area (Å²) in [5.41, 5.74) is 7.80. The summed E-state index contributed by atoms with van der Waals surface area (Å²) in [6.07, 6.45) is 1.65. The highest BCUT2D eigenvalue weighted by Crippen LogP contribution is 2.18. The van der Waals surface area contributed by atoms with Crippen molar-refractivity contribution in [3.8, 4) is 0 Å². The van der Waals surface area contributed by atoms with Gasteiger partial charge in [0, 0.05) is 18.9 Å². The van der Waals surface area contributed by atoms with Gasteiger partial charge in [-0.3, -0.25) is 4.79 Å². The smallest absolute Gasteiger partial charge is 0.272 e. The summed E-state index contributed by atoms with van der Waals surface area (Å²) in [6, 6.07) is 5.83. The molecule has 1 aromatic heterocycles. The lowest BCUT2D eigenvalue weighted by Gasteiger charge is -2.08. The molecule has 0 saturated heterocycles. The molecule has 0 aliphatic heterocycles. The van der Waals surface area contributed by atoms with E-state index in [0.717, 1.165) is 5.56 Å². The second kappa shape index (κ2) is 4.52. The number of nitrogens with zero attached hydrogens (tertiary/aromatic N) is 1. The number of nitrogens with two attached hydrogens (primary N) is 1. The second-order valence-corrected chi connectivity index (χ2v) is 4.18. The van der Waals surface area contributed by atoms with E-state index in [-0.39, 0.29) is 11.7 Å². The molecule has 4 nitrogen and oxygen atoms in total. The minimum absolute atomic E-state index is 0.317. The van der Waals surface area contributed by atoms with Crippen molar-refractivity contribution in [2.24, 2.45) is 7.05 Å². The number of anilines is 2. The van der Waals surface area contributed by atoms with Crippen molar-refractivity contribution in [1.29, 1.82) is 0 Å². The van der Waals surface area contributed by atoms with Crippen molar-refractivity contribution in [3.05, 3.63) is 47.5 Å². The number of amides is 1. The number of carbonyl (C=O) groups excluding carboxylic acids is 1. The van der Waals surface area contributed by atoms with Crippen LogP contribution in [-0.4, -0.2) is 10.5 Å².